The molecule has 0 aliphatic rings. The predicted octanol–water partition coefficient (Wildman–Crippen LogP) is 4.59. The number of ether oxygens (including phenoxy) is 1. The lowest BCUT2D eigenvalue weighted by atomic mass is 10.3. The lowest BCUT2D eigenvalue weighted by Crippen LogP contribution is -2.25. The lowest BCUT2D eigenvalue weighted by Gasteiger charge is -2.13. The first kappa shape index (κ1) is 15.2. The minimum absolute atomic E-state index is 0.182. The molecule has 2 heterocycles. The van der Waals surface area contributed by atoms with E-state index in [1.54, 1.807) is 61.8 Å². The smallest absolute Gasteiger partial charge is 0.290 e. The third-order valence-electron chi connectivity index (χ3n) is 3.16. The van der Waals surface area contributed by atoms with Crippen molar-refractivity contribution in [2.75, 3.05) is 7.05 Å². The highest BCUT2D eigenvalue weighted by atomic mass is 35.5. The fourth-order valence-electron chi connectivity index (χ4n) is 2.02. The van der Waals surface area contributed by atoms with Gasteiger partial charge in [0.25, 0.3) is 11.9 Å². The SMILES string of the molecule is CN(Cc1ccco1)C(=O)c1ccc(Oc2ccccc2Cl)o1. The average Bonchev–Trinajstić information content (AvgIpc) is 3.20. The first-order valence-corrected chi connectivity index (χ1v) is 7.31. The molecule has 0 aliphatic carbocycles. The van der Waals surface area contributed by atoms with Crippen LogP contribution in [-0.2, 0) is 6.54 Å². The number of halogens is 1. The van der Waals surface area contributed by atoms with Crippen LogP contribution in [0.5, 0.6) is 11.7 Å². The number of amides is 1. The van der Waals surface area contributed by atoms with Gasteiger partial charge in [-0.3, -0.25) is 4.79 Å². The summed E-state index contributed by atoms with van der Waals surface area (Å²) >= 11 is 6.02. The number of para-hydroxylation sites is 1. The van der Waals surface area contributed by atoms with Crippen molar-refractivity contribution >= 4 is 17.5 Å². The molecule has 1 amide bonds. The van der Waals surface area contributed by atoms with Crippen LogP contribution in [0.1, 0.15) is 16.3 Å². The minimum Gasteiger partial charge on any atom is -0.467 e. The topological polar surface area (TPSA) is 55.8 Å². The van der Waals surface area contributed by atoms with E-state index < -0.39 is 0 Å². The van der Waals surface area contributed by atoms with Crippen LogP contribution in [0.4, 0.5) is 0 Å². The summed E-state index contributed by atoms with van der Waals surface area (Å²) in [6.07, 6.45) is 1.57. The van der Waals surface area contributed by atoms with E-state index in [4.69, 9.17) is 25.2 Å². The summed E-state index contributed by atoms with van der Waals surface area (Å²) in [7, 11) is 1.67. The molecule has 3 rings (SSSR count). The molecule has 0 fully saturated rings. The third kappa shape index (κ3) is 3.57. The van der Waals surface area contributed by atoms with Gasteiger partial charge in [0.2, 0.25) is 0 Å². The van der Waals surface area contributed by atoms with Crippen molar-refractivity contribution in [2.24, 2.45) is 0 Å². The number of benzene rings is 1. The Morgan fingerprint density at radius 3 is 2.74 bits per heavy atom. The highest BCUT2D eigenvalue weighted by Crippen LogP contribution is 2.30. The Bertz CT molecular complexity index is 795. The van der Waals surface area contributed by atoms with Crippen molar-refractivity contribution in [1.82, 2.24) is 4.90 Å². The first-order valence-electron chi connectivity index (χ1n) is 6.93. The molecule has 0 aliphatic heterocycles. The number of carbonyl (C=O) groups is 1. The second kappa shape index (κ2) is 6.62. The summed E-state index contributed by atoms with van der Waals surface area (Å²) in [5, 5.41) is 0.465. The molecule has 6 heteroatoms. The number of hydrogen-bond donors (Lipinski definition) is 0. The molecule has 0 saturated heterocycles. The van der Waals surface area contributed by atoms with Crippen LogP contribution < -0.4 is 4.74 Å². The maximum Gasteiger partial charge on any atom is 0.290 e. The quantitative estimate of drug-likeness (QED) is 0.686. The molecule has 0 atom stereocenters. The molecule has 5 nitrogen and oxygen atoms in total. The Morgan fingerprint density at radius 2 is 2.00 bits per heavy atom. The first-order chi connectivity index (χ1) is 11.1. The molecule has 23 heavy (non-hydrogen) atoms. The van der Waals surface area contributed by atoms with Crippen molar-refractivity contribution < 1.29 is 18.4 Å². The van der Waals surface area contributed by atoms with Gasteiger partial charge < -0.3 is 18.5 Å². The maximum atomic E-state index is 12.3. The molecule has 3 aromatic rings. The molecule has 0 bridgehead atoms. The molecule has 118 valence electrons. The van der Waals surface area contributed by atoms with Gasteiger partial charge in [0.15, 0.2) is 5.76 Å². The van der Waals surface area contributed by atoms with E-state index >= 15 is 0 Å². The number of carbonyl (C=O) groups excluding carboxylic acids is 1. The van der Waals surface area contributed by atoms with Gasteiger partial charge in [0, 0.05) is 13.1 Å². The second-order valence-electron chi connectivity index (χ2n) is 4.89. The molecule has 0 spiro atoms. The Labute approximate surface area is 138 Å². The molecule has 0 saturated carbocycles. The van der Waals surface area contributed by atoms with Crippen LogP contribution in [0.2, 0.25) is 5.02 Å². The zero-order chi connectivity index (χ0) is 16.2. The Morgan fingerprint density at radius 1 is 1.17 bits per heavy atom. The number of hydrogen-bond acceptors (Lipinski definition) is 4. The molecule has 0 unspecified atom stereocenters. The highest BCUT2D eigenvalue weighted by molar-refractivity contribution is 6.32. The predicted molar refractivity (Wildman–Crippen MR) is 84.7 cm³/mol. The minimum atomic E-state index is -0.268. The summed E-state index contributed by atoms with van der Waals surface area (Å²) in [5.74, 6) is 1.27. The van der Waals surface area contributed by atoms with Crippen LogP contribution >= 0.6 is 11.6 Å². The van der Waals surface area contributed by atoms with Crippen LogP contribution in [0.15, 0.2) is 63.6 Å². The Balaban J connectivity index is 1.68. The van der Waals surface area contributed by atoms with Crippen LogP contribution in [0.3, 0.4) is 0 Å². The third-order valence-corrected chi connectivity index (χ3v) is 3.47. The monoisotopic (exact) mass is 331 g/mol. The van der Waals surface area contributed by atoms with E-state index in [2.05, 4.69) is 0 Å². The van der Waals surface area contributed by atoms with Crippen LogP contribution in [0, 0.1) is 0 Å². The fraction of sp³-hybridized carbons (Fsp3) is 0.118. The van der Waals surface area contributed by atoms with Gasteiger partial charge in [-0.2, -0.15) is 0 Å². The summed E-state index contributed by atoms with van der Waals surface area (Å²) in [5.41, 5.74) is 0. The molecule has 0 radical (unpaired) electrons. The van der Waals surface area contributed by atoms with Crippen molar-refractivity contribution in [3.05, 3.63) is 71.3 Å². The summed E-state index contributed by atoms with van der Waals surface area (Å²) in [6, 6.07) is 13.8. The number of nitrogens with zero attached hydrogens (tertiary/aromatic N) is 1. The van der Waals surface area contributed by atoms with E-state index in [0.29, 0.717) is 23.1 Å². The number of furan rings is 2. The molecule has 1 aromatic carbocycles. The summed E-state index contributed by atoms with van der Waals surface area (Å²) in [4.78, 5) is 13.8. The molecular formula is C17H14ClNO4. The van der Waals surface area contributed by atoms with E-state index in [0.717, 1.165) is 0 Å². The van der Waals surface area contributed by atoms with E-state index in [9.17, 15) is 4.79 Å². The largest absolute Gasteiger partial charge is 0.467 e. The van der Waals surface area contributed by atoms with Crippen molar-refractivity contribution in [1.29, 1.82) is 0 Å². The average molecular weight is 332 g/mol. The fourth-order valence-corrected chi connectivity index (χ4v) is 2.20. The molecular weight excluding hydrogens is 318 g/mol. The van der Waals surface area contributed by atoms with E-state index in [-0.39, 0.29) is 17.6 Å². The normalized spacial score (nSPS) is 10.5. The summed E-state index contributed by atoms with van der Waals surface area (Å²) in [6.45, 7) is 0.354. The Hall–Kier alpha value is -2.66. The lowest BCUT2D eigenvalue weighted by molar-refractivity contribution is 0.0739. The van der Waals surface area contributed by atoms with Gasteiger partial charge in [-0.05, 0) is 30.3 Å². The molecule has 0 N–H and O–H groups in total. The summed E-state index contributed by atoms with van der Waals surface area (Å²) < 4.78 is 16.2. The van der Waals surface area contributed by atoms with Crippen molar-refractivity contribution in [3.8, 4) is 11.7 Å². The second-order valence-corrected chi connectivity index (χ2v) is 5.30. The zero-order valence-electron chi connectivity index (χ0n) is 12.4. The highest BCUT2D eigenvalue weighted by Gasteiger charge is 2.18. The van der Waals surface area contributed by atoms with Gasteiger partial charge in [0.05, 0.1) is 17.8 Å². The van der Waals surface area contributed by atoms with Crippen LogP contribution in [-0.4, -0.2) is 17.9 Å². The molecule has 2 aromatic heterocycles. The van der Waals surface area contributed by atoms with Gasteiger partial charge in [-0.1, -0.05) is 23.7 Å². The van der Waals surface area contributed by atoms with Gasteiger partial charge in [-0.25, -0.2) is 0 Å². The van der Waals surface area contributed by atoms with Gasteiger partial charge in [0.1, 0.15) is 11.5 Å². The maximum absolute atomic E-state index is 12.3. The standard InChI is InChI=1S/C17H14ClNO4/c1-19(11-12-5-4-10-21-12)17(20)15-8-9-16(23-15)22-14-7-3-2-6-13(14)18/h2-10H,11H2,1H3. The number of rotatable bonds is 5. The van der Waals surface area contributed by atoms with Gasteiger partial charge >= 0.3 is 0 Å². The van der Waals surface area contributed by atoms with E-state index in [1.165, 1.54) is 4.90 Å². The van der Waals surface area contributed by atoms with Crippen molar-refractivity contribution in [3.63, 3.8) is 0 Å². The Kier molecular flexibility index (Phi) is 4.39. The van der Waals surface area contributed by atoms with Crippen molar-refractivity contribution in [2.45, 2.75) is 6.54 Å². The van der Waals surface area contributed by atoms with E-state index in [1.807, 2.05) is 0 Å². The zero-order valence-corrected chi connectivity index (χ0v) is 13.1. The van der Waals surface area contributed by atoms with Gasteiger partial charge in [-0.15, -0.1) is 0 Å². The van der Waals surface area contributed by atoms with Crippen LogP contribution in [0.25, 0.3) is 0 Å².